The lowest BCUT2D eigenvalue weighted by atomic mass is 10.2. The maximum atomic E-state index is 11.3. The van der Waals surface area contributed by atoms with E-state index in [2.05, 4.69) is 15.3 Å². The summed E-state index contributed by atoms with van der Waals surface area (Å²) in [6.07, 6.45) is 1.29. The smallest absolute Gasteiger partial charge is 0.234 e. The lowest BCUT2D eigenvalue weighted by Gasteiger charge is -2.29. The van der Waals surface area contributed by atoms with E-state index >= 15 is 0 Å². The molecule has 2 rings (SSSR count). The molecule has 7 nitrogen and oxygen atoms in total. The first-order valence-electron chi connectivity index (χ1n) is 6.17. The van der Waals surface area contributed by atoms with Gasteiger partial charge in [-0.15, -0.1) is 0 Å². The molecule has 1 atom stereocenters. The van der Waals surface area contributed by atoms with Gasteiger partial charge in [-0.1, -0.05) is 0 Å². The van der Waals surface area contributed by atoms with Gasteiger partial charge in [0.25, 0.3) is 0 Å². The second-order valence-electron chi connectivity index (χ2n) is 4.37. The fraction of sp³-hybridized carbons (Fsp3) is 0.583. The minimum absolute atomic E-state index is 0.0196. The third kappa shape index (κ3) is 3.69. The zero-order chi connectivity index (χ0) is 13.7. The average Bonchev–Trinajstić information content (AvgIpc) is 2.45. The highest BCUT2D eigenvalue weighted by atomic mass is 16.5. The van der Waals surface area contributed by atoms with Crippen molar-refractivity contribution in [2.75, 3.05) is 33.3 Å². The molecule has 1 aliphatic heterocycles. The maximum Gasteiger partial charge on any atom is 0.234 e. The number of hydrogen-bond acceptors (Lipinski definition) is 6. The van der Waals surface area contributed by atoms with Crippen molar-refractivity contribution in [3.63, 3.8) is 0 Å². The first-order chi connectivity index (χ1) is 9.22. The Labute approximate surface area is 111 Å². The van der Waals surface area contributed by atoms with Crippen molar-refractivity contribution in [1.82, 2.24) is 20.2 Å². The first kappa shape index (κ1) is 13.9. The SMILES string of the molecule is CO[C@@H](CN1CCNC(=O)C1)c1nccc(CO)n1. The van der Waals surface area contributed by atoms with E-state index in [1.54, 1.807) is 19.4 Å². The second kappa shape index (κ2) is 6.55. The number of carbonyl (C=O) groups is 1. The van der Waals surface area contributed by atoms with E-state index in [9.17, 15) is 4.79 Å². The van der Waals surface area contributed by atoms with Crippen LogP contribution in [0.1, 0.15) is 17.6 Å². The third-order valence-electron chi connectivity index (χ3n) is 3.01. The molecule has 0 unspecified atom stereocenters. The minimum atomic E-state index is -0.308. The Bertz CT molecular complexity index is 441. The predicted molar refractivity (Wildman–Crippen MR) is 67.2 cm³/mol. The molecular formula is C12H18N4O3. The molecule has 1 amide bonds. The number of piperazine rings is 1. The standard InChI is InChI=1S/C12H18N4O3/c1-19-10(6-16-5-4-13-11(18)7-16)12-14-3-2-9(8-17)15-12/h2-3,10,17H,4-8H2,1H3,(H,13,18)/t10-/m0/s1. The number of ether oxygens (including phenoxy) is 1. The normalized spacial score (nSPS) is 18.1. The molecule has 0 bridgehead atoms. The third-order valence-corrected chi connectivity index (χ3v) is 3.01. The average molecular weight is 266 g/mol. The summed E-state index contributed by atoms with van der Waals surface area (Å²) < 4.78 is 5.39. The van der Waals surface area contributed by atoms with Gasteiger partial charge in [-0.25, -0.2) is 9.97 Å². The highest BCUT2D eigenvalue weighted by Crippen LogP contribution is 2.14. The summed E-state index contributed by atoms with van der Waals surface area (Å²) in [6, 6.07) is 1.66. The van der Waals surface area contributed by atoms with Crippen LogP contribution in [0.15, 0.2) is 12.3 Å². The van der Waals surface area contributed by atoms with Gasteiger partial charge >= 0.3 is 0 Å². The number of methoxy groups -OCH3 is 1. The van der Waals surface area contributed by atoms with Crippen molar-refractivity contribution in [3.8, 4) is 0 Å². The minimum Gasteiger partial charge on any atom is -0.390 e. The summed E-state index contributed by atoms with van der Waals surface area (Å²) in [5.41, 5.74) is 0.559. The van der Waals surface area contributed by atoms with Crippen molar-refractivity contribution < 1.29 is 14.6 Å². The summed E-state index contributed by atoms with van der Waals surface area (Å²) in [6.45, 7) is 2.22. The van der Waals surface area contributed by atoms with Crippen molar-refractivity contribution >= 4 is 5.91 Å². The largest absolute Gasteiger partial charge is 0.390 e. The summed E-state index contributed by atoms with van der Waals surface area (Å²) in [7, 11) is 1.59. The zero-order valence-electron chi connectivity index (χ0n) is 10.9. The van der Waals surface area contributed by atoms with Crippen LogP contribution < -0.4 is 5.32 Å². The van der Waals surface area contributed by atoms with Crippen LogP contribution >= 0.6 is 0 Å². The highest BCUT2D eigenvalue weighted by molar-refractivity contribution is 5.78. The van der Waals surface area contributed by atoms with Gasteiger partial charge in [-0.2, -0.15) is 0 Å². The number of aromatic nitrogens is 2. The molecule has 1 aromatic heterocycles. The number of aliphatic hydroxyl groups is 1. The van der Waals surface area contributed by atoms with Crippen LogP contribution in [0, 0.1) is 0 Å². The maximum absolute atomic E-state index is 11.3. The van der Waals surface area contributed by atoms with E-state index in [4.69, 9.17) is 9.84 Å². The summed E-state index contributed by atoms with van der Waals surface area (Å²) in [5.74, 6) is 0.547. The Balaban J connectivity index is 2.04. The van der Waals surface area contributed by atoms with E-state index in [1.807, 2.05) is 4.90 Å². The molecular weight excluding hydrogens is 248 g/mol. The number of carbonyl (C=O) groups excluding carboxylic acids is 1. The molecule has 104 valence electrons. The fourth-order valence-corrected chi connectivity index (χ4v) is 2.00. The molecule has 0 saturated carbocycles. The summed E-state index contributed by atoms with van der Waals surface area (Å²) in [5, 5.41) is 11.9. The highest BCUT2D eigenvalue weighted by Gasteiger charge is 2.22. The van der Waals surface area contributed by atoms with E-state index in [0.717, 1.165) is 6.54 Å². The Kier molecular flexibility index (Phi) is 4.78. The van der Waals surface area contributed by atoms with Crippen LogP contribution in [-0.4, -0.2) is 59.2 Å². The molecule has 7 heteroatoms. The van der Waals surface area contributed by atoms with Crippen molar-refractivity contribution in [2.45, 2.75) is 12.7 Å². The molecule has 1 aromatic rings. The Morgan fingerprint density at radius 2 is 2.47 bits per heavy atom. The molecule has 1 fully saturated rings. The van der Waals surface area contributed by atoms with Crippen LogP contribution in [0.2, 0.25) is 0 Å². The van der Waals surface area contributed by atoms with E-state index in [-0.39, 0.29) is 18.6 Å². The summed E-state index contributed by atoms with van der Waals surface area (Å²) >= 11 is 0. The topological polar surface area (TPSA) is 87.6 Å². The van der Waals surface area contributed by atoms with E-state index in [1.165, 1.54) is 0 Å². The number of hydrogen-bond donors (Lipinski definition) is 2. The number of nitrogens with zero attached hydrogens (tertiary/aromatic N) is 3. The number of aliphatic hydroxyl groups excluding tert-OH is 1. The molecule has 0 radical (unpaired) electrons. The van der Waals surface area contributed by atoms with Gasteiger partial charge in [0.05, 0.1) is 18.8 Å². The molecule has 2 N–H and O–H groups in total. The molecule has 1 aliphatic rings. The van der Waals surface area contributed by atoms with Crippen molar-refractivity contribution in [1.29, 1.82) is 0 Å². The molecule has 0 spiro atoms. The van der Waals surface area contributed by atoms with E-state index in [0.29, 0.717) is 31.2 Å². The van der Waals surface area contributed by atoms with Crippen LogP contribution in [0.4, 0.5) is 0 Å². The lowest BCUT2D eigenvalue weighted by Crippen LogP contribution is -2.48. The van der Waals surface area contributed by atoms with Gasteiger partial charge in [-0.05, 0) is 6.07 Å². The quantitative estimate of drug-likeness (QED) is 0.717. The van der Waals surface area contributed by atoms with Crippen molar-refractivity contribution in [3.05, 3.63) is 23.8 Å². The van der Waals surface area contributed by atoms with Gasteiger partial charge in [0.1, 0.15) is 6.10 Å². The lowest BCUT2D eigenvalue weighted by molar-refractivity contribution is -0.124. The molecule has 0 aromatic carbocycles. The number of nitrogens with one attached hydrogen (secondary N) is 1. The number of rotatable bonds is 5. The van der Waals surface area contributed by atoms with Crippen molar-refractivity contribution in [2.24, 2.45) is 0 Å². The second-order valence-corrected chi connectivity index (χ2v) is 4.37. The van der Waals surface area contributed by atoms with Gasteiger partial charge in [0.2, 0.25) is 5.91 Å². The molecule has 19 heavy (non-hydrogen) atoms. The number of amides is 1. The van der Waals surface area contributed by atoms with Crippen LogP contribution in [0.5, 0.6) is 0 Å². The van der Waals surface area contributed by atoms with Gasteiger partial charge < -0.3 is 15.2 Å². The van der Waals surface area contributed by atoms with Crippen LogP contribution in [0.3, 0.4) is 0 Å². The predicted octanol–water partition coefficient (Wildman–Crippen LogP) is -0.912. The Morgan fingerprint density at radius 1 is 1.63 bits per heavy atom. The van der Waals surface area contributed by atoms with Crippen LogP contribution in [0.25, 0.3) is 0 Å². The monoisotopic (exact) mass is 266 g/mol. The molecule has 0 aliphatic carbocycles. The van der Waals surface area contributed by atoms with Crippen LogP contribution in [-0.2, 0) is 16.1 Å². The molecule has 1 saturated heterocycles. The first-order valence-corrected chi connectivity index (χ1v) is 6.17. The van der Waals surface area contributed by atoms with Gasteiger partial charge in [0.15, 0.2) is 5.82 Å². The summed E-state index contributed by atoms with van der Waals surface area (Å²) in [4.78, 5) is 21.7. The van der Waals surface area contributed by atoms with Gasteiger partial charge in [-0.3, -0.25) is 9.69 Å². The Morgan fingerprint density at radius 3 is 3.16 bits per heavy atom. The fourth-order valence-electron chi connectivity index (χ4n) is 2.00. The Hall–Kier alpha value is -1.57. The zero-order valence-corrected chi connectivity index (χ0v) is 10.9. The molecule has 2 heterocycles. The van der Waals surface area contributed by atoms with E-state index < -0.39 is 0 Å². The van der Waals surface area contributed by atoms with Gasteiger partial charge in [0, 0.05) is 32.9 Å².